The van der Waals surface area contributed by atoms with Crippen LogP contribution in [-0.2, 0) is 76.7 Å². The highest BCUT2D eigenvalue weighted by molar-refractivity contribution is 5.73. The van der Waals surface area contributed by atoms with Crippen LogP contribution < -0.4 is 9.47 Å². The van der Waals surface area contributed by atoms with E-state index in [-0.39, 0.29) is 86.4 Å². The van der Waals surface area contributed by atoms with Crippen LogP contribution in [0.4, 0.5) is 0 Å². The average molecular weight is 1060 g/mol. The number of carbonyl (C=O) groups is 4. The Morgan fingerprint density at radius 1 is 0.658 bits per heavy atom. The maximum atomic E-state index is 13.8. The van der Waals surface area contributed by atoms with Gasteiger partial charge in [-0.15, -0.1) is 0 Å². The molecule has 424 valence electrons. The first-order valence-electron chi connectivity index (χ1n) is 27.9. The van der Waals surface area contributed by atoms with E-state index in [2.05, 4.69) is 126 Å². The van der Waals surface area contributed by atoms with E-state index in [1.165, 1.54) is 0 Å². The Kier molecular flexibility index (Phi) is 22.5. The van der Waals surface area contributed by atoms with Crippen LogP contribution >= 0.6 is 0 Å². The van der Waals surface area contributed by atoms with Gasteiger partial charge < -0.3 is 37.9 Å². The van der Waals surface area contributed by atoms with Gasteiger partial charge in [0.1, 0.15) is 23.9 Å². The Morgan fingerprint density at radius 2 is 1.18 bits per heavy atom. The first kappa shape index (κ1) is 63.4. The lowest BCUT2D eigenvalue weighted by Crippen LogP contribution is -2.52. The van der Waals surface area contributed by atoms with Crippen LogP contribution in [0.1, 0.15) is 190 Å². The van der Waals surface area contributed by atoms with Gasteiger partial charge >= 0.3 is 23.9 Å². The zero-order valence-electron chi connectivity index (χ0n) is 50.1. The van der Waals surface area contributed by atoms with Crippen LogP contribution in [0.3, 0.4) is 0 Å². The molecular formula is C64H96O12. The van der Waals surface area contributed by atoms with Gasteiger partial charge in [-0.1, -0.05) is 139 Å². The lowest BCUT2D eigenvalue weighted by Gasteiger charge is -2.53. The predicted molar refractivity (Wildman–Crippen MR) is 301 cm³/mol. The fourth-order valence-electron chi connectivity index (χ4n) is 10.9. The van der Waals surface area contributed by atoms with Gasteiger partial charge in [0.15, 0.2) is 19.8 Å². The summed E-state index contributed by atoms with van der Waals surface area (Å²) in [6.45, 7) is 39.3. The number of esters is 4. The van der Waals surface area contributed by atoms with E-state index in [0.717, 1.165) is 45.4 Å². The molecular weight excluding hydrogens is 961 g/mol. The van der Waals surface area contributed by atoms with Crippen molar-refractivity contribution in [3.8, 4) is 11.5 Å². The molecule has 12 heteroatoms. The molecule has 4 rings (SSSR count). The minimum atomic E-state index is -0.708. The first-order valence-corrected chi connectivity index (χ1v) is 27.9. The van der Waals surface area contributed by atoms with Crippen LogP contribution in [0.5, 0.6) is 11.5 Å². The number of ether oxygens (including phenoxy) is 8. The standard InChI is InChI=1S/C64H96O12/c1-20-27-41(6)56(73-37-51(65)69-21-2)55(47-32-44(61(10,11)12)30-42(28-25-26-29-60(7,8)9)57(47)74-38-52(66)70-22-3)48-33-46(63(16,17)18)35-50(59(48)76-40-54(68)72-24-5)64(19)36-43-31-45(62(13,14)15)34-49(64)58(43)75-39-53(67)71-23-4/h20,25-27,30-32,34,46,48,50,55,59H,21-24,28-29,33,35-40H2,1-19H3/b26-25+,27-20-,56-41+. The highest BCUT2D eigenvalue weighted by atomic mass is 16.6. The molecule has 6 atom stereocenters. The van der Waals surface area contributed by atoms with Crippen LogP contribution in [0.15, 0.2) is 59.9 Å². The monoisotopic (exact) mass is 1060 g/mol. The molecule has 1 saturated carbocycles. The minimum Gasteiger partial charge on any atom is -0.485 e. The van der Waals surface area contributed by atoms with Gasteiger partial charge in [0.05, 0.1) is 38.4 Å². The molecule has 2 aliphatic rings. The third-order valence-electron chi connectivity index (χ3n) is 14.9. The lowest BCUT2D eigenvalue weighted by molar-refractivity contribution is -0.160. The SMILES string of the molecule is C/C=C\C(C)=C(\OCC(=O)OCC)C(c1cc(C(C)(C)C)cc(C/C=C/CC(C)(C)C)c1OCC(=O)OCC)C1CC(C(C)(C)C)CC(C2(C)Cc3cc(C(C)(C)C)cc2c3OCC(=O)OCC)C1OCC(=O)OCC. The molecule has 2 aliphatic carbocycles. The van der Waals surface area contributed by atoms with E-state index in [0.29, 0.717) is 42.9 Å². The molecule has 2 bridgehead atoms. The highest BCUT2D eigenvalue weighted by Gasteiger charge is 2.56. The van der Waals surface area contributed by atoms with Crippen molar-refractivity contribution < 1.29 is 57.1 Å². The summed E-state index contributed by atoms with van der Waals surface area (Å²) in [6, 6.07) is 8.81. The van der Waals surface area contributed by atoms with Crippen molar-refractivity contribution in [3.05, 3.63) is 93.3 Å². The smallest absolute Gasteiger partial charge is 0.344 e. The largest absolute Gasteiger partial charge is 0.485 e. The summed E-state index contributed by atoms with van der Waals surface area (Å²) < 4.78 is 49.6. The zero-order chi connectivity index (χ0) is 57.0. The van der Waals surface area contributed by atoms with Crippen molar-refractivity contribution in [1.29, 1.82) is 0 Å². The van der Waals surface area contributed by atoms with Gasteiger partial charge in [0, 0.05) is 16.5 Å². The molecule has 0 spiro atoms. The summed E-state index contributed by atoms with van der Waals surface area (Å²) in [4.78, 5) is 53.7. The maximum Gasteiger partial charge on any atom is 0.344 e. The Labute approximate surface area is 457 Å². The fourth-order valence-corrected chi connectivity index (χ4v) is 10.9. The number of carbonyl (C=O) groups excluding carboxylic acids is 4. The first-order chi connectivity index (χ1) is 35.4. The number of rotatable bonds is 24. The number of hydrogen-bond acceptors (Lipinski definition) is 12. The molecule has 6 unspecified atom stereocenters. The van der Waals surface area contributed by atoms with Crippen molar-refractivity contribution in [2.45, 2.75) is 192 Å². The van der Waals surface area contributed by atoms with E-state index in [1.54, 1.807) is 27.7 Å². The fraction of sp³-hybridized carbons (Fsp3) is 0.656. The third-order valence-corrected chi connectivity index (χ3v) is 14.9. The van der Waals surface area contributed by atoms with Crippen molar-refractivity contribution in [2.75, 3.05) is 52.9 Å². The molecule has 0 radical (unpaired) electrons. The number of benzene rings is 2. The Morgan fingerprint density at radius 3 is 1.70 bits per heavy atom. The number of allylic oxidation sites excluding steroid dienone is 6. The number of fused-ring (bicyclic) bond motifs is 2. The van der Waals surface area contributed by atoms with Gasteiger partial charge in [-0.25, -0.2) is 19.2 Å². The Bertz CT molecular complexity index is 2400. The van der Waals surface area contributed by atoms with Gasteiger partial charge in [0.25, 0.3) is 0 Å². The van der Waals surface area contributed by atoms with Crippen LogP contribution in [0.25, 0.3) is 0 Å². The summed E-state index contributed by atoms with van der Waals surface area (Å²) >= 11 is 0. The third kappa shape index (κ3) is 16.9. The van der Waals surface area contributed by atoms with Crippen LogP contribution in [0, 0.1) is 28.6 Å². The lowest BCUT2D eigenvalue weighted by atomic mass is 9.54. The van der Waals surface area contributed by atoms with E-state index in [9.17, 15) is 19.2 Å². The highest BCUT2D eigenvalue weighted by Crippen LogP contribution is 2.60. The molecule has 2 aromatic carbocycles. The van der Waals surface area contributed by atoms with E-state index < -0.39 is 47.2 Å². The topological polar surface area (TPSA) is 142 Å². The van der Waals surface area contributed by atoms with Crippen LogP contribution in [-0.4, -0.2) is 82.8 Å². The molecule has 76 heavy (non-hydrogen) atoms. The minimum absolute atomic E-state index is 0.0577. The Hall–Kier alpha value is -5.10. The number of hydrogen-bond donors (Lipinski definition) is 0. The van der Waals surface area contributed by atoms with E-state index >= 15 is 0 Å². The predicted octanol–water partition coefficient (Wildman–Crippen LogP) is 13.4. The second kappa shape index (κ2) is 27.0. The molecule has 12 nitrogen and oxygen atoms in total. The quantitative estimate of drug-likeness (QED) is 0.0325. The summed E-state index contributed by atoms with van der Waals surface area (Å²) in [6.07, 6.45) is 10.9. The summed E-state index contributed by atoms with van der Waals surface area (Å²) in [5, 5.41) is 0. The Balaban J connectivity index is 2.28. The molecule has 0 N–H and O–H groups in total. The molecule has 2 aromatic rings. The summed E-state index contributed by atoms with van der Waals surface area (Å²) in [5.74, 6) is -1.68. The van der Waals surface area contributed by atoms with Gasteiger partial charge in [-0.2, -0.15) is 0 Å². The van der Waals surface area contributed by atoms with Crippen molar-refractivity contribution >= 4 is 23.9 Å². The van der Waals surface area contributed by atoms with Crippen molar-refractivity contribution in [1.82, 2.24) is 0 Å². The summed E-state index contributed by atoms with van der Waals surface area (Å²) in [5.41, 5.74) is 5.08. The average Bonchev–Trinajstić information content (AvgIpc) is 3.46. The second-order valence-electron chi connectivity index (χ2n) is 25.3. The molecule has 0 saturated heterocycles. The van der Waals surface area contributed by atoms with Gasteiger partial charge in [0.2, 0.25) is 0 Å². The molecule has 0 heterocycles. The van der Waals surface area contributed by atoms with Gasteiger partial charge in [-0.05, 0) is 141 Å². The van der Waals surface area contributed by atoms with E-state index in [4.69, 9.17) is 37.9 Å². The molecule has 0 aromatic heterocycles. The molecule has 0 aliphatic heterocycles. The molecule has 1 fully saturated rings. The second-order valence-corrected chi connectivity index (χ2v) is 25.3. The van der Waals surface area contributed by atoms with Crippen molar-refractivity contribution in [3.63, 3.8) is 0 Å². The zero-order valence-corrected chi connectivity index (χ0v) is 50.1. The van der Waals surface area contributed by atoms with Crippen LogP contribution in [0.2, 0.25) is 0 Å². The van der Waals surface area contributed by atoms with E-state index in [1.807, 2.05) is 26.0 Å². The normalized spacial score (nSPS) is 20.8. The summed E-state index contributed by atoms with van der Waals surface area (Å²) in [7, 11) is 0. The molecule has 0 amide bonds. The maximum absolute atomic E-state index is 13.8. The van der Waals surface area contributed by atoms with Gasteiger partial charge in [-0.3, -0.25) is 0 Å². The van der Waals surface area contributed by atoms with Crippen molar-refractivity contribution in [2.24, 2.45) is 28.6 Å².